The van der Waals surface area contributed by atoms with Crippen LogP contribution >= 0.6 is 15.9 Å². The molecule has 0 aliphatic carbocycles. The van der Waals surface area contributed by atoms with Gasteiger partial charge in [0, 0.05) is 17.1 Å². The molecule has 1 heterocycles. The monoisotopic (exact) mass is 353 g/mol. The molecule has 1 N–H and O–H groups in total. The van der Waals surface area contributed by atoms with Crippen molar-refractivity contribution in [3.05, 3.63) is 22.9 Å². The number of nitrogens with zero attached hydrogens (tertiary/aromatic N) is 1. The van der Waals surface area contributed by atoms with E-state index in [-0.39, 0.29) is 10.9 Å². The van der Waals surface area contributed by atoms with Gasteiger partial charge in [-0.1, -0.05) is 15.9 Å². The maximum absolute atomic E-state index is 12.8. The summed E-state index contributed by atoms with van der Waals surface area (Å²) in [7, 11) is 0. The third-order valence-electron chi connectivity index (χ3n) is 2.04. The number of aliphatic hydroxyl groups excluding tert-OH is 1. The van der Waals surface area contributed by atoms with Crippen LogP contribution in [0.25, 0.3) is 0 Å². The summed E-state index contributed by atoms with van der Waals surface area (Å²) in [6.07, 6.45) is -9.67. The van der Waals surface area contributed by atoms with Crippen molar-refractivity contribution in [2.45, 2.75) is 24.5 Å². The Morgan fingerprint density at radius 3 is 2.16 bits per heavy atom. The molecule has 0 radical (unpaired) electrons. The van der Waals surface area contributed by atoms with Crippen LogP contribution in [0.2, 0.25) is 0 Å². The van der Waals surface area contributed by atoms with Crippen LogP contribution in [0.3, 0.4) is 0 Å². The number of rotatable bonds is 3. The summed E-state index contributed by atoms with van der Waals surface area (Å²) in [5.41, 5.74) is -2.52. The first-order chi connectivity index (χ1) is 8.60. The Morgan fingerprint density at radius 2 is 1.79 bits per heavy atom. The average Bonchev–Trinajstić information content (AvgIpc) is 2.24. The SMILES string of the molecule is OCc1c(CBr)cnc(OC(F)(F)F)c1C(F)(F)F. The van der Waals surface area contributed by atoms with Gasteiger partial charge >= 0.3 is 12.5 Å². The number of aliphatic hydroxyl groups is 1. The van der Waals surface area contributed by atoms with E-state index in [4.69, 9.17) is 5.11 Å². The van der Waals surface area contributed by atoms with Crippen LogP contribution < -0.4 is 4.74 Å². The summed E-state index contributed by atoms with van der Waals surface area (Å²) >= 11 is 2.85. The van der Waals surface area contributed by atoms with Crippen molar-refractivity contribution in [2.24, 2.45) is 0 Å². The van der Waals surface area contributed by atoms with Gasteiger partial charge < -0.3 is 9.84 Å². The minimum Gasteiger partial charge on any atom is -0.392 e. The zero-order valence-electron chi connectivity index (χ0n) is 8.94. The van der Waals surface area contributed by atoms with Gasteiger partial charge in [-0.05, 0) is 5.56 Å². The van der Waals surface area contributed by atoms with Crippen LogP contribution in [0.15, 0.2) is 6.20 Å². The first kappa shape index (κ1) is 16.0. The standard InChI is InChI=1S/C9H6BrF6NO2/c10-1-4-2-17-7(19-9(14,15)16)6(5(4)3-18)8(11,12)13/h2,18H,1,3H2. The largest absolute Gasteiger partial charge is 0.574 e. The van der Waals surface area contributed by atoms with Gasteiger partial charge in [0.2, 0.25) is 5.88 Å². The van der Waals surface area contributed by atoms with Crippen molar-refractivity contribution in [3.8, 4) is 5.88 Å². The number of pyridine rings is 1. The molecule has 3 nitrogen and oxygen atoms in total. The Bertz CT molecular complexity index is 459. The molecule has 108 valence electrons. The molecule has 1 rings (SSSR count). The zero-order valence-corrected chi connectivity index (χ0v) is 10.5. The smallest absolute Gasteiger partial charge is 0.392 e. The van der Waals surface area contributed by atoms with Gasteiger partial charge in [-0.3, -0.25) is 0 Å². The van der Waals surface area contributed by atoms with E-state index in [0.717, 1.165) is 6.20 Å². The van der Waals surface area contributed by atoms with E-state index in [9.17, 15) is 26.3 Å². The lowest BCUT2D eigenvalue weighted by Gasteiger charge is -2.18. The molecule has 0 atom stereocenters. The molecular weight excluding hydrogens is 348 g/mol. The third-order valence-corrected chi connectivity index (χ3v) is 2.64. The van der Waals surface area contributed by atoms with Crippen LogP contribution in [0.1, 0.15) is 16.7 Å². The molecule has 0 saturated carbocycles. The second-order valence-corrected chi connectivity index (χ2v) is 3.84. The highest BCUT2D eigenvalue weighted by molar-refractivity contribution is 9.08. The van der Waals surface area contributed by atoms with Gasteiger partial charge in [0.25, 0.3) is 0 Å². The Kier molecular flexibility index (Phi) is 4.67. The van der Waals surface area contributed by atoms with Crippen LogP contribution in [0.5, 0.6) is 5.88 Å². The van der Waals surface area contributed by atoms with Gasteiger partial charge in [0.1, 0.15) is 5.56 Å². The van der Waals surface area contributed by atoms with Crippen LogP contribution in [-0.2, 0) is 18.1 Å². The minimum absolute atomic E-state index is 0.0793. The molecule has 0 bridgehead atoms. The van der Waals surface area contributed by atoms with Gasteiger partial charge in [-0.15, -0.1) is 13.2 Å². The lowest BCUT2D eigenvalue weighted by Crippen LogP contribution is -2.23. The minimum atomic E-state index is -5.31. The zero-order chi connectivity index (χ0) is 14.8. The van der Waals surface area contributed by atoms with Gasteiger partial charge in [0.05, 0.1) is 6.61 Å². The fraction of sp³-hybridized carbons (Fsp3) is 0.444. The molecule has 0 spiro atoms. The highest BCUT2D eigenvalue weighted by Gasteiger charge is 2.42. The molecule has 1 aromatic heterocycles. The van der Waals surface area contributed by atoms with E-state index < -0.39 is 36.2 Å². The summed E-state index contributed by atoms with van der Waals surface area (Å²) in [6.45, 7) is -1.09. The topological polar surface area (TPSA) is 42.4 Å². The maximum atomic E-state index is 12.8. The van der Waals surface area contributed by atoms with E-state index in [1.165, 1.54) is 0 Å². The third kappa shape index (κ3) is 3.96. The second kappa shape index (κ2) is 5.53. The van der Waals surface area contributed by atoms with E-state index in [0.29, 0.717) is 0 Å². The quantitative estimate of drug-likeness (QED) is 0.669. The molecule has 0 aliphatic heterocycles. The summed E-state index contributed by atoms with van der Waals surface area (Å²) in [6, 6.07) is 0. The molecule has 0 amide bonds. The van der Waals surface area contributed by atoms with Crippen molar-refractivity contribution in [1.29, 1.82) is 0 Å². The fourth-order valence-corrected chi connectivity index (χ4v) is 1.83. The number of hydrogen-bond donors (Lipinski definition) is 1. The van der Waals surface area contributed by atoms with E-state index >= 15 is 0 Å². The predicted molar refractivity (Wildman–Crippen MR) is 54.5 cm³/mol. The Morgan fingerprint density at radius 1 is 1.21 bits per heavy atom. The summed E-state index contributed by atoms with van der Waals surface area (Å²) in [5, 5.41) is 8.83. The predicted octanol–water partition coefficient (Wildman–Crippen LogP) is 3.39. The van der Waals surface area contributed by atoms with Crippen molar-refractivity contribution < 1.29 is 36.2 Å². The van der Waals surface area contributed by atoms with Crippen molar-refractivity contribution >= 4 is 15.9 Å². The second-order valence-electron chi connectivity index (χ2n) is 3.28. The van der Waals surface area contributed by atoms with Gasteiger partial charge in [0.15, 0.2) is 0 Å². The maximum Gasteiger partial charge on any atom is 0.574 e. The van der Waals surface area contributed by atoms with Gasteiger partial charge in [-0.25, -0.2) is 4.98 Å². The number of halogens is 7. The normalized spacial score (nSPS) is 12.6. The van der Waals surface area contributed by atoms with Crippen LogP contribution in [0.4, 0.5) is 26.3 Å². The molecule has 0 fully saturated rings. The lowest BCUT2D eigenvalue weighted by atomic mass is 10.1. The van der Waals surface area contributed by atoms with Crippen molar-refractivity contribution in [2.75, 3.05) is 0 Å². The highest BCUT2D eigenvalue weighted by Crippen LogP contribution is 2.40. The van der Waals surface area contributed by atoms with E-state index in [2.05, 4.69) is 25.7 Å². The molecule has 0 aromatic carbocycles. The molecule has 0 aliphatic rings. The summed E-state index contributed by atoms with van der Waals surface area (Å²) in [4.78, 5) is 3.01. The molecule has 0 saturated heterocycles. The van der Waals surface area contributed by atoms with Gasteiger partial charge in [-0.2, -0.15) is 13.2 Å². The lowest BCUT2D eigenvalue weighted by molar-refractivity contribution is -0.278. The summed E-state index contributed by atoms with van der Waals surface area (Å²) in [5.74, 6) is -1.63. The highest BCUT2D eigenvalue weighted by atomic mass is 79.9. The van der Waals surface area contributed by atoms with E-state index in [1.807, 2.05) is 0 Å². The van der Waals surface area contributed by atoms with Crippen LogP contribution in [0, 0.1) is 0 Å². The molecule has 10 heteroatoms. The Labute approximate surface area is 111 Å². The number of hydrogen-bond acceptors (Lipinski definition) is 3. The van der Waals surface area contributed by atoms with E-state index in [1.54, 1.807) is 0 Å². The molecular formula is C9H6BrF6NO2. The number of ether oxygens (including phenoxy) is 1. The first-order valence-electron chi connectivity index (χ1n) is 4.60. The number of alkyl halides is 7. The molecule has 0 unspecified atom stereocenters. The van der Waals surface area contributed by atoms with Crippen molar-refractivity contribution in [3.63, 3.8) is 0 Å². The Hall–Kier alpha value is -1.03. The number of aromatic nitrogens is 1. The molecule has 1 aromatic rings. The summed E-state index contributed by atoms with van der Waals surface area (Å²) < 4.78 is 77.6. The average molecular weight is 354 g/mol. The fourth-order valence-electron chi connectivity index (χ4n) is 1.34. The molecule has 19 heavy (non-hydrogen) atoms. The Balaban J connectivity index is 3.48. The van der Waals surface area contributed by atoms with Crippen molar-refractivity contribution in [1.82, 2.24) is 4.98 Å². The van der Waals surface area contributed by atoms with Crippen LogP contribution in [-0.4, -0.2) is 16.5 Å². The first-order valence-corrected chi connectivity index (χ1v) is 5.72.